The van der Waals surface area contributed by atoms with Gasteiger partial charge in [-0.3, -0.25) is 4.99 Å². The van der Waals surface area contributed by atoms with Crippen molar-refractivity contribution in [3.8, 4) is 0 Å². The molecule has 1 aliphatic heterocycles. The summed E-state index contributed by atoms with van der Waals surface area (Å²) in [6, 6.07) is 4.02. The van der Waals surface area contributed by atoms with Gasteiger partial charge in [-0.15, -0.1) is 35.3 Å². The van der Waals surface area contributed by atoms with Crippen LogP contribution >= 0.6 is 35.3 Å². The molecule has 0 amide bonds. The van der Waals surface area contributed by atoms with Crippen molar-refractivity contribution in [2.24, 2.45) is 4.99 Å². The molecule has 0 spiro atoms. The normalized spacial score (nSPS) is 15.6. The highest BCUT2D eigenvalue weighted by Gasteiger charge is 2.33. The molecule has 0 radical (unpaired) electrons. The van der Waals surface area contributed by atoms with E-state index >= 15 is 0 Å². The molecular formula is C18H25F3IN7S. The van der Waals surface area contributed by atoms with E-state index < -0.39 is 11.9 Å². The number of aliphatic imine (C=N–C) groups is 1. The van der Waals surface area contributed by atoms with Crippen LogP contribution in [0.3, 0.4) is 0 Å². The Bertz CT molecular complexity index is 818. The quantitative estimate of drug-likeness (QED) is 0.336. The Morgan fingerprint density at radius 1 is 1.17 bits per heavy atom. The SMILES string of the molecule is CN=C(NCc1ccc(N2CCN(C)CC2)nc1)NCc1nc(C(F)(F)F)cs1.I. The van der Waals surface area contributed by atoms with Crippen LogP contribution < -0.4 is 15.5 Å². The molecule has 2 N–H and O–H groups in total. The van der Waals surface area contributed by atoms with Crippen molar-refractivity contribution in [2.75, 3.05) is 45.2 Å². The number of alkyl halides is 3. The van der Waals surface area contributed by atoms with Gasteiger partial charge >= 0.3 is 6.18 Å². The van der Waals surface area contributed by atoms with E-state index in [1.165, 1.54) is 0 Å². The number of likely N-dealkylation sites (N-methyl/N-ethyl adjacent to an activating group) is 1. The summed E-state index contributed by atoms with van der Waals surface area (Å²) in [4.78, 5) is 16.8. The maximum atomic E-state index is 12.6. The van der Waals surface area contributed by atoms with Crippen molar-refractivity contribution in [3.63, 3.8) is 0 Å². The van der Waals surface area contributed by atoms with Crippen molar-refractivity contribution in [1.29, 1.82) is 0 Å². The molecule has 12 heteroatoms. The van der Waals surface area contributed by atoms with E-state index in [0.717, 1.165) is 54.3 Å². The Balaban J connectivity index is 0.00000320. The second kappa shape index (κ2) is 11.1. The van der Waals surface area contributed by atoms with E-state index in [1.807, 2.05) is 18.3 Å². The summed E-state index contributed by atoms with van der Waals surface area (Å²) in [5.41, 5.74) is 0.119. The number of anilines is 1. The zero-order valence-electron chi connectivity index (χ0n) is 16.7. The Morgan fingerprint density at radius 2 is 1.87 bits per heavy atom. The minimum atomic E-state index is -4.42. The fourth-order valence-corrected chi connectivity index (χ4v) is 3.57. The monoisotopic (exact) mass is 555 g/mol. The van der Waals surface area contributed by atoms with Crippen LogP contribution in [0.4, 0.5) is 19.0 Å². The topological polar surface area (TPSA) is 68.7 Å². The Hall–Kier alpha value is -1.67. The molecule has 0 aromatic carbocycles. The molecule has 0 atom stereocenters. The average molecular weight is 555 g/mol. The molecule has 166 valence electrons. The van der Waals surface area contributed by atoms with Crippen LogP contribution in [0.5, 0.6) is 0 Å². The van der Waals surface area contributed by atoms with Crippen molar-refractivity contribution < 1.29 is 13.2 Å². The molecular weight excluding hydrogens is 530 g/mol. The van der Waals surface area contributed by atoms with Gasteiger partial charge in [0.15, 0.2) is 11.7 Å². The van der Waals surface area contributed by atoms with Crippen LogP contribution in [0.1, 0.15) is 16.3 Å². The van der Waals surface area contributed by atoms with Crippen molar-refractivity contribution >= 4 is 47.1 Å². The summed E-state index contributed by atoms with van der Waals surface area (Å²) in [5.74, 6) is 1.45. The molecule has 0 aliphatic carbocycles. The summed E-state index contributed by atoms with van der Waals surface area (Å²) >= 11 is 0.965. The fraction of sp³-hybridized carbons (Fsp3) is 0.500. The lowest BCUT2D eigenvalue weighted by atomic mass is 10.2. The molecule has 2 aromatic heterocycles. The number of nitrogens with one attached hydrogen (secondary N) is 2. The number of hydrogen-bond acceptors (Lipinski definition) is 6. The first-order valence-electron chi connectivity index (χ1n) is 9.19. The smallest absolute Gasteiger partial charge is 0.354 e. The van der Waals surface area contributed by atoms with E-state index in [2.05, 4.69) is 42.4 Å². The molecule has 7 nitrogen and oxygen atoms in total. The number of rotatable bonds is 5. The summed E-state index contributed by atoms with van der Waals surface area (Å²) in [6.07, 6.45) is -2.59. The van der Waals surface area contributed by atoms with Crippen LogP contribution in [-0.2, 0) is 19.3 Å². The van der Waals surface area contributed by atoms with E-state index in [9.17, 15) is 13.2 Å². The number of aromatic nitrogens is 2. The molecule has 1 saturated heterocycles. The van der Waals surface area contributed by atoms with Gasteiger partial charge in [-0.2, -0.15) is 13.2 Å². The lowest BCUT2D eigenvalue weighted by Gasteiger charge is -2.33. The van der Waals surface area contributed by atoms with Crippen LogP contribution in [0, 0.1) is 0 Å². The molecule has 3 heterocycles. The van der Waals surface area contributed by atoms with Gasteiger partial charge in [0.2, 0.25) is 0 Å². The van der Waals surface area contributed by atoms with Crippen molar-refractivity contribution in [1.82, 2.24) is 25.5 Å². The average Bonchev–Trinajstić information content (AvgIpc) is 3.19. The predicted molar refractivity (Wildman–Crippen MR) is 124 cm³/mol. The molecule has 3 rings (SSSR count). The van der Waals surface area contributed by atoms with Gasteiger partial charge in [0.1, 0.15) is 10.8 Å². The number of piperazine rings is 1. The van der Waals surface area contributed by atoms with Gasteiger partial charge in [0.25, 0.3) is 0 Å². The predicted octanol–water partition coefficient (Wildman–Crippen LogP) is 2.79. The highest BCUT2D eigenvalue weighted by atomic mass is 127. The second-order valence-electron chi connectivity index (χ2n) is 6.72. The summed E-state index contributed by atoms with van der Waals surface area (Å²) in [5, 5.41) is 7.47. The van der Waals surface area contributed by atoms with E-state index in [1.54, 1.807) is 7.05 Å². The van der Waals surface area contributed by atoms with E-state index in [0.29, 0.717) is 17.5 Å². The lowest BCUT2D eigenvalue weighted by molar-refractivity contribution is -0.140. The number of thiazole rings is 1. The highest BCUT2D eigenvalue weighted by Crippen LogP contribution is 2.29. The molecule has 2 aromatic rings. The molecule has 1 aliphatic rings. The first-order valence-corrected chi connectivity index (χ1v) is 10.1. The molecule has 0 unspecified atom stereocenters. The number of hydrogen-bond donors (Lipinski definition) is 2. The zero-order valence-corrected chi connectivity index (χ0v) is 19.9. The number of nitrogens with zero attached hydrogens (tertiary/aromatic N) is 5. The largest absolute Gasteiger partial charge is 0.434 e. The first-order chi connectivity index (χ1) is 13.8. The van der Waals surface area contributed by atoms with Crippen molar-refractivity contribution in [3.05, 3.63) is 40.0 Å². The first kappa shape index (κ1) is 24.6. The van der Waals surface area contributed by atoms with Crippen LogP contribution in [0.25, 0.3) is 0 Å². The van der Waals surface area contributed by atoms with Gasteiger partial charge in [-0.05, 0) is 18.7 Å². The molecule has 0 bridgehead atoms. The van der Waals surface area contributed by atoms with Gasteiger partial charge in [0.05, 0.1) is 6.54 Å². The van der Waals surface area contributed by atoms with Gasteiger partial charge < -0.3 is 20.4 Å². The molecule has 0 saturated carbocycles. The van der Waals surface area contributed by atoms with E-state index in [4.69, 9.17) is 0 Å². The summed E-state index contributed by atoms with van der Waals surface area (Å²) in [6.45, 7) is 4.64. The lowest BCUT2D eigenvalue weighted by Crippen LogP contribution is -2.44. The van der Waals surface area contributed by atoms with Gasteiger partial charge in [0, 0.05) is 51.3 Å². The number of guanidine groups is 1. The standard InChI is InChI=1S/C18H24F3N7S.HI/c1-22-17(25-11-16-26-14(12-29-16)18(19,20)21)24-10-13-3-4-15(23-9-13)28-7-5-27(2)6-8-28;/h3-4,9,12H,5-8,10-11H2,1-2H3,(H2,22,24,25);1H. The fourth-order valence-electron chi connectivity index (χ4n) is 2.83. The van der Waals surface area contributed by atoms with E-state index in [-0.39, 0.29) is 30.5 Å². The minimum absolute atomic E-state index is 0. The third-order valence-corrected chi connectivity index (χ3v) is 5.42. The Labute approximate surface area is 194 Å². The Morgan fingerprint density at radius 3 is 2.43 bits per heavy atom. The van der Waals surface area contributed by atoms with Crippen molar-refractivity contribution in [2.45, 2.75) is 19.3 Å². The number of halogens is 4. The summed E-state index contributed by atoms with van der Waals surface area (Å²) < 4.78 is 37.8. The van der Waals surface area contributed by atoms with Gasteiger partial charge in [-0.25, -0.2) is 9.97 Å². The van der Waals surface area contributed by atoms with Gasteiger partial charge in [-0.1, -0.05) is 6.07 Å². The molecule has 1 fully saturated rings. The second-order valence-corrected chi connectivity index (χ2v) is 7.66. The maximum Gasteiger partial charge on any atom is 0.434 e. The highest BCUT2D eigenvalue weighted by molar-refractivity contribution is 14.0. The molecule has 30 heavy (non-hydrogen) atoms. The zero-order chi connectivity index (χ0) is 20.9. The summed E-state index contributed by atoms with van der Waals surface area (Å²) in [7, 11) is 3.72. The third kappa shape index (κ3) is 6.94. The van der Waals surface area contributed by atoms with Crippen LogP contribution in [-0.4, -0.2) is 61.1 Å². The number of pyridine rings is 1. The maximum absolute atomic E-state index is 12.6. The Kier molecular flexibility index (Phi) is 9.09. The van der Waals surface area contributed by atoms with Crippen LogP contribution in [0.2, 0.25) is 0 Å². The van der Waals surface area contributed by atoms with Crippen LogP contribution in [0.15, 0.2) is 28.7 Å². The third-order valence-electron chi connectivity index (χ3n) is 4.57. The minimum Gasteiger partial charge on any atom is -0.354 e.